The van der Waals surface area contributed by atoms with Gasteiger partial charge in [-0.1, -0.05) is 12.1 Å². The molecule has 0 saturated carbocycles. The molecule has 0 spiro atoms. The van der Waals surface area contributed by atoms with Gasteiger partial charge in [-0.15, -0.1) is 0 Å². The van der Waals surface area contributed by atoms with Crippen molar-refractivity contribution in [3.63, 3.8) is 0 Å². The Bertz CT molecular complexity index is 947. The Kier molecular flexibility index (Phi) is 5.36. The standard InChI is InChI=1S/C20H24N6O2/c1-28-16-7-5-15(6-8-16)11-21-18(27)13-26-20-17(12-24-26)19(22-14-23-20)25-9-3-2-4-10-25/h5-8,12,14H,2-4,9-11,13H2,1H3,(H,21,27). The first-order valence-electron chi connectivity index (χ1n) is 9.55. The van der Waals surface area contributed by atoms with Crippen LogP contribution in [0.15, 0.2) is 36.8 Å². The van der Waals surface area contributed by atoms with Crippen LogP contribution in [-0.2, 0) is 17.9 Å². The summed E-state index contributed by atoms with van der Waals surface area (Å²) in [4.78, 5) is 23.5. The molecule has 1 saturated heterocycles. The van der Waals surface area contributed by atoms with Crippen molar-refractivity contribution in [3.8, 4) is 5.75 Å². The van der Waals surface area contributed by atoms with E-state index in [1.807, 2.05) is 24.3 Å². The van der Waals surface area contributed by atoms with Gasteiger partial charge in [0.1, 0.15) is 24.4 Å². The molecule has 28 heavy (non-hydrogen) atoms. The predicted octanol–water partition coefficient (Wildman–Crippen LogP) is 2.14. The molecule has 2 aromatic heterocycles. The first kappa shape index (κ1) is 18.2. The summed E-state index contributed by atoms with van der Waals surface area (Å²) in [7, 11) is 1.63. The topological polar surface area (TPSA) is 85.2 Å². The van der Waals surface area contributed by atoms with E-state index in [0.717, 1.165) is 35.6 Å². The molecule has 1 aliphatic rings. The molecule has 1 fully saturated rings. The molecule has 0 unspecified atom stereocenters. The van der Waals surface area contributed by atoms with Crippen molar-refractivity contribution in [2.75, 3.05) is 25.1 Å². The van der Waals surface area contributed by atoms with Gasteiger partial charge < -0.3 is 15.0 Å². The van der Waals surface area contributed by atoms with Crippen molar-refractivity contribution in [2.45, 2.75) is 32.4 Å². The smallest absolute Gasteiger partial charge is 0.242 e. The summed E-state index contributed by atoms with van der Waals surface area (Å²) in [5.74, 6) is 1.59. The molecule has 1 amide bonds. The van der Waals surface area contributed by atoms with Crippen LogP contribution in [0.3, 0.4) is 0 Å². The number of carbonyl (C=O) groups excluding carboxylic acids is 1. The lowest BCUT2D eigenvalue weighted by Crippen LogP contribution is -2.30. The number of anilines is 1. The summed E-state index contributed by atoms with van der Waals surface area (Å²) < 4.78 is 6.78. The molecule has 4 rings (SSSR count). The minimum Gasteiger partial charge on any atom is -0.497 e. The van der Waals surface area contributed by atoms with E-state index in [9.17, 15) is 4.79 Å². The highest BCUT2D eigenvalue weighted by Gasteiger charge is 2.18. The van der Waals surface area contributed by atoms with Gasteiger partial charge in [0, 0.05) is 19.6 Å². The van der Waals surface area contributed by atoms with Gasteiger partial charge in [-0.25, -0.2) is 14.6 Å². The molecular formula is C20H24N6O2. The molecule has 8 nitrogen and oxygen atoms in total. The third-order valence-electron chi connectivity index (χ3n) is 5.01. The van der Waals surface area contributed by atoms with Crippen LogP contribution >= 0.6 is 0 Å². The highest BCUT2D eigenvalue weighted by Crippen LogP contribution is 2.25. The van der Waals surface area contributed by atoms with Gasteiger partial charge in [0.25, 0.3) is 0 Å². The second-order valence-electron chi connectivity index (χ2n) is 6.91. The maximum Gasteiger partial charge on any atom is 0.242 e. The van der Waals surface area contributed by atoms with Gasteiger partial charge in [0.2, 0.25) is 5.91 Å². The molecule has 3 aromatic rings. The normalized spacial score (nSPS) is 14.2. The molecule has 3 heterocycles. The Morgan fingerprint density at radius 3 is 2.68 bits per heavy atom. The van der Waals surface area contributed by atoms with Crippen molar-refractivity contribution in [2.24, 2.45) is 0 Å². The molecule has 1 aliphatic heterocycles. The van der Waals surface area contributed by atoms with Crippen LogP contribution < -0.4 is 15.0 Å². The quantitative estimate of drug-likeness (QED) is 0.705. The molecule has 0 atom stereocenters. The summed E-state index contributed by atoms with van der Waals surface area (Å²) >= 11 is 0. The average molecular weight is 380 g/mol. The van der Waals surface area contributed by atoms with Gasteiger partial charge in [-0.3, -0.25) is 4.79 Å². The highest BCUT2D eigenvalue weighted by molar-refractivity contribution is 5.87. The van der Waals surface area contributed by atoms with Gasteiger partial charge in [0.15, 0.2) is 5.65 Å². The van der Waals surface area contributed by atoms with Gasteiger partial charge >= 0.3 is 0 Å². The number of rotatable bonds is 6. The SMILES string of the molecule is COc1ccc(CNC(=O)Cn2ncc3c(N4CCCCC4)ncnc32)cc1. The molecule has 8 heteroatoms. The second kappa shape index (κ2) is 8.24. The van der Waals surface area contributed by atoms with Crippen molar-refractivity contribution in [1.29, 1.82) is 0 Å². The van der Waals surface area contributed by atoms with E-state index in [1.54, 1.807) is 24.3 Å². The molecule has 1 aromatic carbocycles. The lowest BCUT2D eigenvalue weighted by Gasteiger charge is -2.27. The van der Waals surface area contributed by atoms with Crippen molar-refractivity contribution in [1.82, 2.24) is 25.1 Å². The molecular weight excluding hydrogens is 356 g/mol. The first-order chi connectivity index (χ1) is 13.7. The molecule has 0 radical (unpaired) electrons. The number of nitrogens with zero attached hydrogens (tertiary/aromatic N) is 5. The van der Waals surface area contributed by atoms with Crippen LogP contribution in [0.25, 0.3) is 11.0 Å². The van der Waals surface area contributed by atoms with Gasteiger partial charge in [-0.2, -0.15) is 5.10 Å². The van der Waals surface area contributed by atoms with Crippen LogP contribution in [0.2, 0.25) is 0 Å². The van der Waals surface area contributed by atoms with E-state index in [4.69, 9.17) is 4.74 Å². The fraction of sp³-hybridized carbons (Fsp3) is 0.400. The Morgan fingerprint density at radius 1 is 1.14 bits per heavy atom. The molecule has 0 bridgehead atoms. The minimum atomic E-state index is -0.112. The zero-order valence-corrected chi connectivity index (χ0v) is 16.0. The van der Waals surface area contributed by atoms with E-state index in [2.05, 4.69) is 25.3 Å². The highest BCUT2D eigenvalue weighted by atomic mass is 16.5. The lowest BCUT2D eigenvalue weighted by molar-refractivity contribution is -0.121. The summed E-state index contributed by atoms with van der Waals surface area (Å²) in [6.45, 7) is 2.57. The van der Waals surface area contributed by atoms with Gasteiger partial charge in [-0.05, 0) is 37.0 Å². The molecule has 1 N–H and O–H groups in total. The number of methoxy groups -OCH3 is 1. The summed E-state index contributed by atoms with van der Waals surface area (Å²) in [6, 6.07) is 7.62. The van der Waals surface area contributed by atoms with Crippen molar-refractivity contribution < 1.29 is 9.53 Å². The zero-order chi connectivity index (χ0) is 19.3. The van der Waals surface area contributed by atoms with E-state index >= 15 is 0 Å². The van der Waals surface area contributed by atoms with Crippen LogP contribution in [0, 0.1) is 0 Å². The summed E-state index contributed by atoms with van der Waals surface area (Å²) in [6.07, 6.45) is 6.93. The fourth-order valence-corrected chi connectivity index (χ4v) is 3.49. The second-order valence-corrected chi connectivity index (χ2v) is 6.91. The summed E-state index contributed by atoms with van der Waals surface area (Å²) in [5, 5.41) is 8.20. The third kappa shape index (κ3) is 3.90. The van der Waals surface area contributed by atoms with E-state index in [-0.39, 0.29) is 12.5 Å². The first-order valence-corrected chi connectivity index (χ1v) is 9.55. The molecule has 0 aliphatic carbocycles. The van der Waals surface area contributed by atoms with Crippen LogP contribution in [0.1, 0.15) is 24.8 Å². The lowest BCUT2D eigenvalue weighted by atomic mass is 10.1. The van der Waals surface area contributed by atoms with Crippen LogP contribution in [-0.4, -0.2) is 45.9 Å². The molecule has 146 valence electrons. The zero-order valence-electron chi connectivity index (χ0n) is 16.0. The van der Waals surface area contributed by atoms with Crippen LogP contribution in [0.5, 0.6) is 5.75 Å². The number of piperidine rings is 1. The number of nitrogens with one attached hydrogen (secondary N) is 1. The summed E-state index contributed by atoms with van der Waals surface area (Å²) in [5.41, 5.74) is 1.70. The Labute approximate surface area is 163 Å². The Morgan fingerprint density at radius 2 is 1.93 bits per heavy atom. The van der Waals surface area contributed by atoms with Crippen molar-refractivity contribution in [3.05, 3.63) is 42.4 Å². The number of hydrogen-bond acceptors (Lipinski definition) is 6. The Hall–Kier alpha value is -3.16. The number of amides is 1. The fourth-order valence-electron chi connectivity index (χ4n) is 3.49. The van der Waals surface area contributed by atoms with Gasteiger partial charge in [0.05, 0.1) is 18.7 Å². The number of aromatic nitrogens is 4. The number of benzene rings is 1. The minimum absolute atomic E-state index is 0.112. The van der Waals surface area contributed by atoms with Crippen LogP contribution in [0.4, 0.5) is 5.82 Å². The predicted molar refractivity (Wildman–Crippen MR) is 106 cm³/mol. The third-order valence-corrected chi connectivity index (χ3v) is 5.01. The van der Waals surface area contributed by atoms with E-state index in [1.165, 1.54) is 19.3 Å². The number of hydrogen-bond donors (Lipinski definition) is 1. The number of carbonyl (C=O) groups is 1. The van der Waals surface area contributed by atoms with Crippen molar-refractivity contribution >= 4 is 22.8 Å². The maximum absolute atomic E-state index is 12.4. The maximum atomic E-state index is 12.4. The average Bonchev–Trinajstić information content (AvgIpc) is 3.16. The number of fused-ring (bicyclic) bond motifs is 1. The Balaban J connectivity index is 1.43. The van der Waals surface area contributed by atoms with E-state index in [0.29, 0.717) is 12.2 Å². The largest absolute Gasteiger partial charge is 0.497 e. The monoisotopic (exact) mass is 380 g/mol. The number of ether oxygens (including phenoxy) is 1. The van der Waals surface area contributed by atoms with E-state index < -0.39 is 0 Å².